The first-order valence-corrected chi connectivity index (χ1v) is 6.22. The van der Waals surface area contributed by atoms with E-state index in [1.54, 1.807) is 0 Å². The molecule has 1 aliphatic carbocycles. The molecule has 1 fully saturated rings. The van der Waals surface area contributed by atoms with Crippen molar-refractivity contribution in [2.24, 2.45) is 5.92 Å². The summed E-state index contributed by atoms with van der Waals surface area (Å²) < 4.78 is 0. The van der Waals surface area contributed by atoms with Gasteiger partial charge in [-0.15, -0.1) is 0 Å². The molecule has 88 valence electrons. The molecule has 0 heterocycles. The summed E-state index contributed by atoms with van der Waals surface area (Å²) >= 11 is 0. The van der Waals surface area contributed by atoms with Gasteiger partial charge in [-0.1, -0.05) is 37.8 Å². The Morgan fingerprint density at radius 3 is 2.75 bits per heavy atom. The maximum atomic E-state index is 11.1. The molecule has 16 heavy (non-hydrogen) atoms. The molecule has 0 aromatic heterocycles. The van der Waals surface area contributed by atoms with Gasteiger partial charge >= 0.3 is 0 Å². The highest BCUT2D eigenvalue weighted by atomic mass is 16.1. The van der Waals surface area contributed by atoms with Crippen LogP contribution in [0.2, 0.25) is 0 Å². The molecular weight excluding hydrogens is 196 g/mol. The van der Waals surface area contributed by atoms with Gasteiger partial charge < -0.3 is 0 Å². The van der Waals surface area contributed by atoms with E-state index in [1.165, 1.54) is 24.8 Å². The van der Waals surface area contributed by atoms with E-state index in [2.05, 4.69) is 13.2 Å². The zero-order valence-electron chi connectivity index (χ0n) is 10.1. The zero-order valence-corrected chi connectivity index (χ0v) is 10.1. The number of unbranched alkanes of at least 4 members (excludes halogenated alkanes) is 1. The highest BCUT2D eigenvalue weighted by Gasteiger charge is 2.20. The highest BCUT2D eigenvalue weighted by molar-refractivity contribution is 5.80. The first-order valence-electron chi connectivity index (χ1n) is 6.22. The summed E-state index contributed by atoms with van der Waals surface area (Å²) in [6, 6.07) is 0. The van der Waals surface area contributed by atoms with Crippen molar-refractivity contribution in [1.29, 1.82) is 0 Å². The topological polar surface area (TPSA) is 17.1 Å². The van der Waals surface area contributed by atoms with Gasteiger partial charge in [0.1, 0.15) is 5.78 Å². The first-order chi connectivity index (χ1) is 7.76. The molecule has 1 nitrogen and oxygen atoms in total. The van der Waals surface area contributed by atoms with Crippen LogP contribution in [0, 0.1) is 5.92 Å². The van der Waals surface area contributed by atoms with E-state index in [0.29, 0.717) is 11.7 Å². The first kappa shape index (κ1) is 13.0. The Morgan fingerprint density at radius 2 is 2.19 bits per heavy atom. The number of rotatable bonds is 7. The molecule has 0 aromatic rings. The molecule has 1 heteroatoms. The number of ketones is 1. The Bertz CT molecular complexity index is 286. The number of hydrogen-bond donors (Lipinski definition) is 0. The minimum absolute atomic E-state index is 0.461. The van der Waals surface area contributed by atoms with Gasteiger partial charge in [-0.25, -0.2) is 0 Å². The van der Waals surface area contributed by atoms with E-state index in [9.17, 15) is 4.79 Å². The van der Waals surface area contributed by atoms with E-state index in [0.717, 1.165) is 25.7 Å². The lowest BCUT2D eigenvalue weighted by atomic mass is 9.98. The largest absolute Gasteiger partial charge is 0.300 e. The van der Waals surface area contributed by atoms with Crippen LogP contribution in [0.15, 0.2) is 37.0 Å². The van der Waals surface area contributed by atoms with Gasteiger partial charge in [0.05, 0.1) is 0 Å². The van der Waals surface area contributed by atoms with Crippen LogP contribution in [0.4, 0.5) is 0 Å². The third kappa shape index (κ3) is 4.61. The summed E-state index contributed by atoms with van der Waals surface area (Å²) in [5, 5.41) is 0. The SMILES string of the molecule is C=C/C=C(\C=C)CCCCC1CCC(=O)C1. The van der Waals surface area contributed by atoms with Crippen LogP contribution in [-0.2, 0) is 4.79 Å². The maximum Gasteiger partial charge on any atom is 0.133 e. The van der Waals surface area contributed by atoms with Crippen LogP contribution in [0.25, 0.3) is 0 Å². The van der Waals surface area contributed by atoms with E-state index in [1.807, 2.05) is 18.2 Å². The molecule has 1 rings (SSSR count). The lowest BCUT2D eigenvalue weighted by Crippen LogP contribution is -1.95. The van der Waals surface area contributed by atoms with Crippen LogP contribution < -0.4 is 0 Å². The van der Waals surface area contributed by atoms with Gasteiger partial charge in [-0.05, 0) is 37.2 Å². The number of allylic oxidation sites excluding steroid dienone is 4. The van der Waals surface area contributed by atoms with Crippen molar-refractivity contribution in [3.63, 3.8) is 0 Å². The lowest BCUT2D eigenvalue weighted by Gasteiger charge is -2.07. The predicted octanol–water partition coefficient (Wildman–Crippen LogP) is 4.21. The normalized spacial score (nSPS) is 21.1. The van der Waals surface area contributed by atoms with Gasteiger partial charge in [-0.2, -0.15) is 0 Å². The standard InChI is InChI=1S/C15H22O/c1-3-7-13(4-2)8-5-6-9-14-10-11-15(16)12-14/h3-4,7,14H,1-2,5-6,8-12H2/b13-7+. The highest BCUT2D eigenvalue weighted by Crippen LogP contribution is 2.27. The summed E-state index contributed by atoms with van der Waals surface area (Å²) in [5.41, 5.74) is 1.26. The summed E-state index contributed by atoms with van der Waals surface area (Å²) in [5.74, 6) is 1.13. The van der Waals surface area contributed by atoms with Gasteiger partial charge in [-0.3, -0.25) is 4.79 Å². The average Bonchev–Trinajstić information content (AvgIpc) is 2.69. The molecular formula is C15H22O. The van der Waals surface area contributed by atoms with Crippen LogP contribution in [-0.4, -0.2) is 5.78 Å². The maximum absolute atomic E-state index is 11.1. The van der Waals surface area contributed by atoms with Crippen molar-refractivity contribution in [2.75, 3.05) is 0 Å². The van der Waals surface area contributed by atoms with Gasteiger partial charge in [0.15, 0.2) is 0 Å². The summed E-state index contributed by atoms with van der Waals surface area (Å²) in [6.07, 6.45) is 13.2. The molecule has 0 radical (unpaired) electrons. The quantitative estimate of drug-likeness (QED) is 0.462. The second-order valence-electron chi connectivity index (χ2n) is 4.57. The Balaban J connectivity index is 2.11. The van der Waals surface area contributed by atoms with Crippen molar-refractivity contribution in [1.82, 2.24) is 0 Å². The third-order valence-corrected chi connectivity index (χ3v) is 3.27. The van der Waals surface area contributed by atoms with E-state index < -0.39 is 0 Å². The molecule has 1 atom stereocenters. The molecule has 0 saturated heterocycles. The fraction of sp³-hybridized carbons (Fsp3) is 0.533. The van der Waals surface area contributed by atoms with E-state index >= 15 is 0 Å². The smallest absolute Gasteiger partial charge is 0.133 e. The molecule has 0 spiro atoms. The van der Waals surface area contributed by atoms with Gasteiger partial charge in [0.25, 0.3) is 0 Å². The van der Waals surface area contributed by atoms with Crippen LogP contribution in [0.5, 0.6) is 0 Å². The number of carbonyl (C=O) groups is 1. The van der Waals surface area contributed by atoms with Crippen LogP contribution >= 0.6 is 0 Å². The summed E-state index contributed by atoms with van der Waals surface area (Å²) in [7, 11) is 0. The predicted molar refractivity (Wildman–Crippen MR) is 69.3 cm³/mol. The van der Waals surface area contributed by atoms with Gasteiger partial charge in [0.2, 0.25) is 0 Å². The molecule has 0 amide bonds. The number of carbonyl (C=O) groups excluding carboxylic acids is 1. The molecule has 0 bridgehead atoms. The Hall–Kier alpha value is -1.11. The second kappa shape index (κ2) is 7.21. The van der Waals surface area contributed by atoms with Crippen LogP contribution in [0.3, 0.4) is 0 Å². The minimum Gasteiger partial charge on any atom is -0.300 e. The number of Topliss-reactive ketones (excluding diaryl/α,β-unsaturated/α-hetero) is 1. The summed E-state index contributed by atoms with van der Waals surface area (Å²) in [4.78, 5) is 11.1. The lowest BCUT2D eigenvalue weighted by molar-refractivity contribution is -0.117. The number of hydrogen-bond acceptors (Lipinski definition) is 1. The minimum atomic E-state index is 0.461. The Labute approximate surface area is 98.9 Å². The molecule has 1 unspecified atom stereocenters. The molecule has 0 aromatic carbocycles. The van der Waals surface area contributed by atoms with Crippen molar-refractivity contribution in [3.8, 4) is 0 Å². The molecule has 1 saturated carbocycles. The van der Waals surface area contributed by atoms with Crippen molar-refractivity contribution in [2.45, 2.75) is 44.9 Å². The van der Waals surface area contributed by atoms with Crippen molar-refractivity contribution in [3.05, 3.63) is 37.0 Å². The third-order valence-electron chi connectivity index (χ3n) is 3.27. The van der Waals surface area contributed by atoms with Crippen molar-refractivity contribution < 1.29 is 4.79 Å². The average molecular weight is 218 g/mol. The fourth-order valence-electron chi connectivity index (χ4n) is 2.30. The van der Waals surface area contributed by atoms with Crippen LogP contribution in [0.1, 0.15) is 44.9 Å². The monoisotopic (exact) mass is 218 g/mol. The van der Waals surface area contributed by atoms with E-state index in [4.69, 9.17) is 0 Å². The molecule has 1 aliphatic rings. The second-order valence-corrected chi connectivity index (χ2v) is 4.57. The zero-order chi connectivity index (χ0) is 11.8. The Kier molecular flexibility index (Phi) is 5.84. The molecule has 0 N–H and O–H groups in total. The molecule has 0 aliphatic heterocycles. The van der Waals surface area contributed by atoms with Gasteiger partial charge in [0, 0.05) is 12.8 Å². The fourth-order valence-corrected chi connectivity index (χ4v) is 2.30. The summed E-state index contributed by atoms with van der Waals surface area (Å²) in [6.45, 7) is 7.47. The Morgan fingerprint density at radius 1 is 1.38 bits per heavy atom. The van der Waals surface area contributed by atoms with E-state index in [-0.39, 0.29) is 0 Å². The van der Waals surface area contributed by atoms with Crippen molar-refractivity contribution >= 4 is 5.78 Å².